The molecule has 2 aromatic rings. The highest BCUT2D eigenvalue weighted by Crippen LogP contribution is 2.35. The van der Waals surface area contributed by atoms with Crippen LogP contribution >= 0.6 is 0 Å². The molecular formula is C25H31N3O5S. The molecule has 2 amide bonds. The molecule has 9 heteroatoms. The van der Waals surface area contributed by atoms with Gasteiger partial charge in [-0.2, -0.15) is 0 Å². The Balaban J connectivity index is 1.41. The lowest BCUT2D eigenvalue weighted by atomic mass is 9.95. The zero-order chi connectivity index (χ0) is 24.1. The number of fused-ring (bicyclic) bond motifs is 1. The van der Waals surface area contributed by atoms with Crippen LogP contribution in [0.1, 0.15) is 25.3 Å². The van der Waals surface area contributed by atoms with E-state index in [9.17, 15) is 18.0 Å². The van der Waals surface area contributed by atoms with Crippen molar-refractivity contribution in [1.82, 2.24) is 9.62 Å². The van der Waals surface area contributed by atoms with Gasteiger partial charge in [0.2, 0.25) is 15.9 Å². The Kier molecular flexibility index (Phi) is 7.53. The van der Waals surface area contributed by atoms with Crippen LogP contribution in [0.25, 0.3) is 0 Å². The van der Waals surface area contributed by atoms with Crippen molar-refractivity contribution in [3.05, 3.63) is 60.2 Å². The highest BCUT2D eigenvalue weighted by molar-refractivity contribution is 7.89. The SMILES string of the molecule is CCS(=O)(=O)N1CCC(C(=O)N2C[C@H](C(=O)NCCc3ccccc3)Oc3ccccc32)CC1. The Morgan fingerprint density at radius 3 is 2.41 bits per heavy atom. The number of anilines is 1. The molecule has 1 fully saturated rings. The largest absolute Gasteiger partial charge is 0.477 e. The number of rotatable bonds is 7. The number of amides is 2. The number of piperidine rings is 1. The normalized spacial score (nSPS) is 19.2. The summed E-state index contributed by atoms with van der Waals surface area (Å²) in [6.45, 7) is 2.90. The Morgan fingerprint density at radius 1 is 1.03 bits per heavy atom. The van der Waals surface area contributed by atoms with Crippen LogP contribution in [-0.4, -0.2) is 62.6 Å². The summed E-state index contributed by atoms with van der Waals surface area (Å²) in [4.78, 5) is 28.0. The molecule has 8 nitrogen and oxygen atoms in total. The summed E-state index contributed by atoms with van der Waals surface area (Å²) in [7, 11) is -3.26. The zero-order valence-corrected chi connectivity index (χ0v) is 20.2. The molecule has 182 valence electrons. The van der Waals surface area contributed by atoms with Gasteiger partial charge in [-0.3, -0.25) is 9.59 Å². The van der Waals surface area contributed by atoms with Crippen LogP contribution in [0.3, 0.4) is 0 Å². The molecule has 1 atom stereocenters. The molecular weight excluding hydrogens is 454 g/mol. The number of hydrogen-bond acceptors (Lipinski definition) is 5. The van der Waals surface area contributed by atoms with Crippen LogP contribution < -0.4 is 15.0 Å². The predicted molar refractivity (Wildman–Crippen MR) is 130 cm³/mol. The van der Waals surface area contributed by atoms with E-state index in [4.69, 9.17) is 4.74 Å². The van der Waals surface area contributed by atoms with Gasteiger partial charge >= 0.3 is 0 Å². The quantitative estimate of drug-likeness (QED) is 0.649. The molecule has 0 spiro atoms. The number of carbonyl (C=O) groups excluding carboxylic acids is 2. The minimum Gasteiger partial charge on any atom is -0.477 e. The van der Waals surface area contributed by atoms with Crippen molar-refractivity contribution in [2.24, 2.45) is 5.92 Å². The third kappa shape index (κ3) is 5.42. The first-order valence-electron chi connectivity index (χ1n) is 11.8. The number of nitrogens with zero attached hydrogens (tertiary/aromatic N) is 2. The fourth-order valence-corrected chi connectivity index (χ4v) is 5.58. The third-order valence-electron chi connectivity index (χ3n) is 6.45. The first-order valence-corrected chi connectivity index (χ1v) is 13.4. The number of hydrogen-bond donors (Lipinski definition) is 1. The first kappa shape index (κ1) is 24.2. The molecule has 34 heavy (non-hydrogen) atoms. The fraction of sp³-hybridized carbons (Fsp3) is 0.440. The van der Waals surface area contributed by atoms with E-state index in [-0.39, 0.29) is 30.0 Å². The van der Waals surface area contributed by atoms with E-state index in [2.05, 4.69) is 5.32 Å². The first-order chi connectivity index (χ1) is 16.4. The molecule has 2 aliphatic rings. The van der Waals surface area contributed by atoms with Crippen molar-refractivity contribution < 1.29 is 22.7 Å². The number of sulfonamides is 1. The van der Waals surface area contributed by atoms with Crippen LogP contribution in [0.4, 0.5) is 5.69 Å². The number of nitrogens with one attached hydrogen (secondary N) is 1. The predicted octanol–water partition coefficient (Wildman–Crippen LogP) is 2.20. The van der Waals surface area contributed by atoms with E-state index >= 15 is 0 Å². The van der Waals surface area contributed by atoms with Crippen molar-refractivity contribution in [3.63, 3.8) is 0 Å². The van der Waals surface area contributed by atoms with Gasteiger partial charge < -0.3 is 15.0 Å². The van der Waals surface area contributed by atoms with Crippen LogP contribution in [-0.2, 0) is 26.0 Å². The molecule has 1 saturated heterocycles. The van der Waals surface area contributed by atoms with Crippen molar-refractivity contribution in [2.45, 2.75) is 32.3 Å². The molecule has 0 unspecified atom stereocenters. The molecule has 0 radical (unpaired) electrons. The number of carbonyl (C=O) groups is 2. The van der Waals surface area contributed by atoms with Crippen molar-refractivity contribution >= 4 is 27.5 Å². The van der Waals surface area contributed by atoms with E-state index in [0.717, 1.165) is 5.56 Å². The van der Waals surface area contributed by atoms with Gasteiger partial charge in [-0.15, -0.1) is 0 Å². The summed E-state index contributed by atoms with van der Waals surface area (Å²) < 4.78 is 31.7. The average Bonchev–Trinajstić information content (AvgIpc) is 2.88. The Bertz CT molecular complexity index is 1110. The maximum atomic E-state index is 13.5. The number of para-hydroxylation sites is 2. The molecule has 0 aliphatic carbocycles. The Hall–Kier alpha value is -2.91. The van der Waals surface area contributed by atoms with Crippen LogP contribution in [0.5, 0.6) is 5.75 Å². The van der Waals surface area contributed by atoms with Gasteiger partial charge in [0, 0.05) is 25.6 Å². The van der Waals surface area contributed by atoms with E-state index in [0.29, 0.717) is 50.3 Å². The lowest BCUT2D eigenvalue weighted by Gasteiger charge is -2.38. The Morgan fingerprint density at radius 2 is 1.71 bits per heavy atom. The smallest absolute Gasteiger partial charge is 0.262 e. The minimum atomic E-state index is -3.26. The lowest BCUT2D eigenvalue weighted by molar-refractivity contribution is -0.129. The number of ether oxygens (including phenoxy) is 1. The monoisotopic (exact) mass is 485 g/mol. The third-order valence-corrected chi connectivity index (χ3v) is 8.33. The van der Waals surface area contributed by atoms with Crippen LogP contribution in [0.15, 0.2) is 54.6 Å². The topological polar surface area (TPSA) is 96.0 Å². The maximum absolute atomic E-state index is 13.5. The minimum absolute atomic E-state index is 0.0590. The Labute approximate surface area is 200 Å². The molecule has 4 rings (SSSR count). The van der Waals surface area contributed by atoms with Crippen molar-refractivity contribution in [3.8, 4) is 5.75 Å². The highest BCUT2D eigenvalue weighted by Gasteiger charge is 2.38. The van der Waals surface area contributed by atoms with Crippen LogP contribution in [0.2, 0.25) is 0 Å². The molecule has 2 aliphatic heterocycles. The second-order valence-electron chi connectivity index (χ2n) is 8.62. The molecule has 2 aromatic carbocycles. The van der Waals surface area contributed by atoms with Gasteiger partial charge in [-0.05, 0) is 43.9 Å². The van der Waals surface area contributed by atoms with E-state index in [1.165, 1.54) is 4.31 Å². The lowest BCUT2D eigenvalue weighted by Crippen LogP contribution is -2.53. The van der Waals surface area contributed by atoms with Crippen molar-refractivity contribution in [1.29, 1.82) is 0 Å². The summed E-state index contributed by atoms with van der Waals surface area (Å²) in [5, 5.41) is 2.92. The second-order valence-corrected chi connectivity index (χ2v) is 10.9. The molecule has 2 heterocycles. The summed E-state index contributed by atoms with van der Waals surface area (Å²) in [5.41, 5.74) is 1.77. The van der Waals surface area contributed by atoms with Gasteiger partial charge in [-0.1, -0.05) is 42.5 Å². The van der Waals surface area contributed by atoms with E-state index < -0.39 is 16.1 Å². The fourth-order valence-electron chi connectivity index (χ4n) is 4.45. The highest BCUT2D eigenvalue weighted by atomic mass is 32.2. The van der Waals surface area contributed by atoms with Crippen LogP contribution in [0, 0.1) is 5.92 Å². The van der Waals surface area contributed by atoms with Gasteiger partial charge in [0.05, 0.1) is 18.0 Å². The second kappa shape index (κ2) is 10.6. The summed E-state index contributed by atoms with van der Waals surface area (Å²) in [6.07, 6.45) is 0.824. The molecule has 1 N–H and O–H groups in total. The molecule has 0 bridgehead atoms. The standard InChI is InChI=1S/C25H31N3O5S/c1-2-34(31,32)27-16-13-20(14-17-27)25(30)28-18-23(33-22-11-7-6-10-21(22)28)24(29)26-15-12-19-8-4-3-5-9-19/h3-11,20,23H,2,12-18H2,1H3,(H,26,29)/t23-/m1/s1. The van der Waals surface area contributed by atoms with E-state index in [1.807, 2.05) is 48.5 Å². The summed E-state index contributed by atoms with van der Waals surface area (Å²) in [5.74, 6) is -0.0881. The van der Waals surface area contributed by atoms with Crippen molar-refractivity contribution in [2.75, 3.05) is 36.8 Å². The zero-order valence-electron chi connectivity index (χ0n) is 19.4. The maximum Gasteiger partial charge on any atom is 0.262 e. The molecule has 0 aromatic heterocycles. The average molecular weight is 486 g/mol. The van der Waals surface area contributed by atoms with Gasteiger partial charge in [0.15, 0.2) is 6.10 Å². The van der Waals surface area contributed by atoms with Gasteiger partial charge in [0.1, 0.15) is 5.75 Å². The number of benzene rings is 2. The van der Waals surface area contributed by atoms with Gasteiger partial charge in [0.25, 0.3) is 5.91 Å². The summed E-state index contributed by atoms with van der Waals surface area (Å²) in [6, 6.07) is 17.1. The van der Waals surface area contributed by atoms with E-state index in [1.54, 1.807) is 17.9 Å². The molecule has 0 saturated carbocycles. The van der Waals surface area contributed by atoms with Gasteiger partial charge in [-0.25, -0.2) is 12.7 Å². The summed E-state index contributed by atoms with van der Waals surface area (Å²) >= 11 is 0.